The molecule has 0 bridgehead atoms. The van der Waals surface area contributed by atoms with E-state index in [2.05, 4.69) is 12.2 Å². The molecule has 0 saturated carbocycles. The van der Waals surface area contributed by atoms with Gasteiger partial charge < -0.3 is 15.0 Å². The molecule has 0 aliphatic carbocycles. The van der Waals surface area contributed by atoms with Gasteiger partial charge in [-0.1, -0.05) is 58.8 Å². The second kappa shape index (κ2) is 12.7. The summed E-state index contributed by atoms with van der Waals surface area (Å²) < 4.78 is 5.24. The van der Waals surface area contributed by atoms with Crippen molar-refractivity contribution in [2.24, 2.45) is 0 Å². The first-order valence-electron chi connectivity index (χ1n) is 9.83. The minimum atomic E-state index is -0.729. The average molecular weight is 354 g/mol. The predicted molar refractivity (Wildman–Crippen MR) is 97.0 cm³/mol. The van der Waals surface area contributed by atoms with Gasteiger partial charge >= 0.3 is 5.97 Å². The predicted octanol–water partition coefficient (Wildman–Crippen LogP) is 2.80. The SMILES string of the molecule is CCCCCCCCCCOC(=O)CC1C(=O)NCCN1C(=O)CC. The van der Waals surface area contributed by atoms with Gasteiger partial charge in [-0.15, -0.1) is 0 Å². The highest BCUT2D eigenvalue weighted by Crippen LogP contribution is 2.12. The van der Waals surface area contributed by atoms with Crippen LogP contribution < -0.4 is 5.32 Å². The van der Waals surface area contributed by atoms with Crippen molar-refractivity contribution in [3.05, 3.63) is 0 Å². The Morgan fingerprint density at radius 1 is 1.08 bits per heavy atom. The molecule has 0 radical (unpaired) electrons. The van der Waals surface area contributed by atoms with Crippen molar-refractivity contribution >= 4 is 17.8 Å². The molecule has 1 aliphatic rings. The van der Waals surface area contributed by atoms with Gasteiger partial charge in [-0.3, -0.25) is 14.4 Å². The Morgan fingerprint density at radius 3 is 2.36 bits per heavy atom. The molecule has 1 aliphatic heterocycles. The smallest absolute Gasteiger partial charge is 0.308 e. The Bertz CT molecular complexity index is 426. The largest absolute Gasteiger partial charge is 0.466 e. The van der Waals surface area contributed by atoms with Crippen LogP contribution in [0.5, 0.6) is 0 Å². The summed E-state index contributed by atoms with van der Waals surface area (Å²) in [6.07, 6.45) is 9.76. The Kier molecular flexibility index (Phi) is 10.9. The highest BCUT2D eigenvalue weighted by molar-refractivity contribution is 5.91. The second-order valence-electron chi connectivity index (χ2n) is 6.65. The van der Waals surface area contributed by atoms with Crippen LogP contribution in [0.2, 0.25) is 0 Å². The lowest BCUT2D eigenvalue weighted by Gasteiger charge is -2.34. The molecule has 1 N–H and O–H groups in total. The Labute approximate surface area is 151 Å². The summed E-state index contributed by atoms with van der Waals surface area (Å²) in [4.78, 5) is 37.4. The van der Waals surface area contributed by atoms with Crippen LogP contribution in [0, 0.1) is 0 Å². The maximum atomic E-state index is 12.0. The summed E-state index contributed by atoms with van der Waals surface area (Å²) in [5, 5.41) is 2.71. The van der Waals surface area contributed by atoms with Gasteiger partial charge in [0.2, 0.25) is 11.8 Å². The van der Waals surface area contributed by atoms with Gasteiger partial charge in [-0.2, -0.15) is 0 Å². The van der Waals surface area contributed by atoms with E-state index in [1.54, 1.807) is 6.92 Å². The summed E-state index contributed by atoms with van der Waals surface area (Å²) in [6, 6.07) is -0.729. The zero-order chi connectivity index (χ0) is 18.5. The summed E-state index contributed by atoms with van der Waals surface area (Å²) >= 11 is 0. The van der Waals surface area contributed by atoms with Gasteiger partial charge in [-0.05, 0) is 6.42 Å². The van der Waals surface area contributed by atoms with E-state index in [0.717, 1.165) is 12.8 Å². The number of carbonyl (C=O) groups is 3. The van der Waals surface area contributed by atoms with Crippen LogP contribution >= 0.6 is 0 Å². The minimum absolute atomic E-state index is 0.0609. The van der Waals surface area contributed by atoms with Crippen LogP contribution in [0.3, 0.4) is 0 Å². The van der Waals surface area contributed by atoms with Crippen molar-refractivity contribution in [2.75, 3.05) is 19.7 Å². The van der Waals surface area contributed by atoms with Crippen molar-refractivity contribution in [3.8, 4) is 0 Å². The fraction of sp³-hybridized carbons (Fsp3) is 0.842. The summed E-state index contributed by atoms with van der Waals surface area (Å²) in [5.41, 5.74) is 0. The fourth-order valence-corrected chi connectivity index (χ4v) is 3.06. The summed E-state index contributed by atoms with van der Waals surface area (Å²) in [5.74, 6) is -0.772. The highest BCUT2D eigenvalue weighted by Gasteiger charge is 2.34. The molecular weight excluding hydrogens is 320 g/mol. The number of nitrogens with zero attached hydrogens (tertiary/aromatic N) is 1. The number of hydrogen-bond donors (Lipinski definition) is 1. The lowest BCUT2D eigenvalue weighted by Crippen LogP contribution is -2.57. The third-order valence-corrected chi connectivity index (χ3v) is 4.57. The highest BCUT2D eigenvalue weighted by atomic mass is 16.5. The van der Waals surface area contributed by atoms with E-state index >= 15 is 0 Å². The number of unbranched alkanes of at least 4 members (excludes halogenated alkanes) is 7. The molecule has 1 atom stereocenters. The molecule has 2 amide bonds. The molecule has 1 saturated heterocycles. The maximum Gasteiger partial charge on any atom is 0.308 e. The van der Waals surface area contributed by atoms with E-state index in [9.17, 15) is 14.4 Å². The molecule has 0 aromatic rings. The number of rotatable bonds is 12. The summed E-state index contributed by atoms with van der Waals surface area (Å²) in [7, 11) is 0. The van der Waals surface area contributed by atoms with E-state index < -0.39 is 12.0 Å². The van der Waals surface area contributed by atoms with Crippen LogP contribution in [0.4, 0.5) is 0 Å². The topological polar surface area (TPSA) is 75.7 Å². The molecule has 0 aromatic heterocycles. The van der Waals surface area contributed by atoms with Gasteiger partial charge in [0.25, 0.3) is 0 Å². The maximum absolute atomic E-state index is 12.0. The number of hydrogen-bond acceptors (Lipinski definition) is 4. The van der Waals surface area contributed by atoms with Crippen LogP contribution in [0.1, 0.15) is 78.1 Å². The number of ether oxygens (including phenoxy) is 1. The van der Waals surface area contributed by atoms with Crippen LogP contribution in [-0.2, 0) is 19.1 Å². The summed E-state index contributed by atoms with van der Waals surface area (Å²) in [6.45, 7) is 5.25. The van der Waals surface area contributed by atoms with Gasteiger partial charge in [-0.25, -0.2) is 0 Å². The first kappa shape index (κ1) is 21.5. The molecule has 1 unspecified atom stereocenters. The zero-order valence-corrected chi connectivity index (χ0v) is 15.8. The molecule has 1 fully saturated rings. The molecule has 1 heterocycles. The first-order chi connectivity index (χ1) is 12.1. The number of esters is 1. The standard InChI is InChI=1S/C19H34N2O4/c1-3-5-6-7-8-9-10-11-14-25-18(23)15-16-19(24)20-12-13-21(16)17(22)4-2/h16H,3-15H2,1-2H3,(H,20,24). The van der Waals surface area contributed by atoms with Gasteiger partial charge in [0.1, 0.15) is 6.04 Å². The number of piperazine rings is 1. The van der Waals surface area contributed by atoms with E-state index in [1.165, 1.54) is 43.4 Å². The molecule has 6 nitrogen and oxygen atoms in total. The average Bonchev–Trinajstić information content (AvgIpc) is 2.61. The quantitative estimate of drug-likeness (QED) is 0.432. The molecule has 144 valence electrons. The van der Waals surface area contributed by atoms with Crippen LogP contribution in [0.15, 0.2) is 0 Å². The molecule has 1 rings (SSSR count). The normalized spacial score (nSPS) is 17.3. The molecule has 0 aromatic carbocycles. The number of carbonyl (C=O) groups excluding carboxylic acids is 3. The number of nitrogens with one attached hydrogen (secondary N) is 1. The van der Waals surface area contributed by atoms with Gasteiger partial charge in [0.05, 0.1) is 13.0 Å². The molecular formula is C19H34N2O4. The van der Waals surface area contributed by atoms with Crippen LogP contribution in [-0.4, -0.2) is 48.4 Å². The van der Waals surface area contributed by atoms with Crippen molar-refractivity contribution in [2.45, 2.75) is 84.1 Å². The first-order valence-corrected chi connectivity index (χ1v) is 9.83. The zero-order valence-electron chi connectivity index (χ0n) is 15.8. The molecule has 25 heavy (non-hydrogen) atoms. The van der Waals surface area contributed by atoms with Gasteiger partial charge in [0.15, 0.2) is 0 Å². The third kappa shape index (κ3) is 8.36. The van der Waals surface area contributed by atoms with E-state index in [0.29, 0.717) is 26.1 Å². The monoisotopic (exact) mass is 354 g/mol. The van der Waals surface area contributed by atoms with Crippen molar-refractivity contribution in [1.29, 1.82) is 0 Å². The van der Waals surface area contributed by atoms with E-state index in [1.807, 2.05) is 0 Å². The van der Waals surface area contributed by atoms with Crippen molar-refractivity contribution in [3.63, 3.8) is 0 Å². The second-order valence-corrected chi connectivity index (χ2v) is 6.65. The minimum Gasteiger partial charge on any atom is -0.466 e. The lowest BCUT2D eigenvalue weighted by atomic mass is 10.1. The van der Waals surface area contributed by atoms with Crippen molar-refractivity contribution < 1.29 is 19.1 Å². The molecule has 6 heteroatoms. The Hall–Kier alpha value is -1.59. The number of amides is 2. The van der Waals surface area contributed by atoms with E-state index in [4.69, 9.17) is 4.74 Å². The van der Waals surface area contributed by atoms with Gasteiger partial charge in [0, 0.05) is 19.5 Å². The molecule has 0 spiro atoms. The van der Waals surface area contributed by atoms with Crippen LogP contribution in [0.25, 0.3) is 0 Å². The lowest BCUT2D eigenvalue weighted by molar-refractivity contribution is -0.151. The Balaban J connectivity index is 2.19. The van der Waals surface area contributed by atoms with E-state index in [-0.39, 0.29) is 18.2 Å². The van der Waals surface area contributed by atoms with Crippen molar-refractivity contribution in [1.82, 2.24) is 10.2 Å². The fourth-order valence-electron chi connectivity index (χ4n) is 3.06. The Morgan fingerprint density at radius 2 is 1.72 bits per heavy atom. The third-order valence-electron chi connectivity index (χ3n) is 4.57.